The molecule has 0 saturated carbocycles. The van der Waals surface area contributed by atoms with Gasteiger partial charge in [-0.25, -0.2) is 15.0 Å². The minimum absolute atomic E-state index is 0.0632. The molecule has 3 fully saturated rings. The molecule has 0 bridgehead atoms. The van der Waals surface area contributed by atoms with E-state index in [1.807, 2.05) is 18.5 Å². The van der Waals surface area contributed by atoms with Crippen LogP contribution in [0.25, 0.3) is 10.7 Å². The summed E-state index contributed by atoms with van der Waals surface area (Å²) >= 11 is 1.62. The Kier molecular flexibility index (Phi) is 8.80. The molecule has 0 radical (unpaired) electrons. The maximum Gasteiger partial charge on any atom is 0.227 e. The van der Waals surface area contributed by atoms with Crippen LogP contribution in [0.4, 0.5) is 5.69 Å². The second-order valence-corrected chi connectivity index (χ2v) is 11.1. The van der Waals surface area contributed by atoms with Gasteiger partial charge in [-0.1, -0.05) is 0 Å². The number of hydrogen-bond acceptors (Lipinski definition) is 8. The Labute approximate surface area is 229 Å². The molecule has 3 saturated heterocycles. The van der Waals surface area contributed by atoms with Gasteiger partial charge < -0.3 is 20.4 Å². The van der Waals surface area contributed by atoms with Crippen molar-refractivity contribution in [3.05, 3.63) is 40.8 Å². The van der Waals surface area contributed by atoms with E-state index in [1.54, 1.807) is 11.3 Å². The van der Waals surface area contributed by atoms with Crippen LogP contribution in [0.15, 0.2) is 45.1 Å². The van der Waals surface area contributed by atoms with E-state index in [-0.39, 0.29) is 11.8 Å². The molecule has 0 aromatic carbocycles. The van der Waals surface area contributed by atoms with Gasteiger partial charge in [-0.3, -0.25) is 9.79 Å². The zero-order valence-corrected chi connectivity index (χ0v) is 23.1. The molecular weight excluding hydrogens is 496 g/mol. The molecule has 5 rings (SSSR count). The van der Waals surface area contributed by atoms with Crippen molar-refractivity contribution in [1.82, 2.24) is 25.1 Å². The van der Waals surface area contributed by atoms with Gasteiger partial charge in [0.1, 0.15) is 17.2 Å². The van der Waals surface area contributed by atoms with Gasteiger partial charge in [0, 0.05) is 50.2 Å². The number of anilines is 1. The molecule has 1 atom stereocenters. The topological polar surface area (TPSA) is 98.1 Å². The van der Waals surface area contributed by atoms with E-state index in [1.165, 1.54) is 32.3 Å². The highest BCUT2D eigenvalue weighted by Gasteiger charge is 2.31. The number of amides is 1. The normalized spacial score (nSPS) is 22.6. The third-order valence-electron chi connectivity index (χ3n) is 7.86. The zero-order chi connectivity index (χ0) is 26.3. The summed E-state index contributed by atoms with van der Waals surface area (Å²) < 4.78 is 0. The van der Waals surface area contributed by atoms with Crippen molar-refractivity contribution in [3.63, 3.8) is 0 Å². The predicted molar refractivity (Wildman–Crippen MR) is 155 cm³/mol. The van der Waals surface area contributed by atoms with Crippen molar-refractivity contribution in [1.29, 1.82) is 0 Å². The van der Waals surface area contributed by atoms with Crippen LogP contribution in [0.3, 0.4) is 0 Å². The number of piperidine rings is 2. The maximum atomic E-state index is 12.4. The summed E-state index contributed by atoms with van der Waals surface area (Å²) in [6.07, 6.45) is 8.67. The monoisotopic (exact) mass is 534 g/mol. The van der Waals surface area contributed by atoms with Gasteiger partial charge in [-0.2, -0.15) is 0 Å². The van der Waals surface area contributed by atoms with Crippen molar-refractivity contribution < 1.29 is 4.79 Å². The summed E-state index contributed by atoms with van der Waals surface area (Å²) in [5, 5.41) is 9.61. The van der Waals surface area contributed by atoms with Gasteiger partial charge in [0.15, 0.2) is 0 Å². The second kappa shape index (κ2) is 12.6. The van der Waals surface area contributed by atoms with Gasteiger partial charge in [0.05, 0.1) is 23.0 Å². The van der Waals surface area contributed by atoms with Crippen LogP contribution in [0.5, 0.6) is 0 Å². The number of likely N-dealkylation sites (tertiary alicyclic amines) is 2. The molecule has 9 nitrogen and oxygen atoms in total. The first-order chi connectivity index (χ1) is 18.6. The predicted octanol–water partition coefficient (Wildman–Crippen LogP) is 3.99. The minimum atomic E-state index is -0.193. The first-order valence-electron chi connectivity index (χ1n) is 13.7. The fourth-order valence-electron chi connectivity index (χ4n) is 5.74. The van der Waals surface area contributed by atoms with Crippen LogP contribution in [-0.4, -0.2) is 84.5 Å². The van der Waals surface area contributed by atoms with Crippen molar-refractivity contribution in [2.75, 3.05) is 51.1 Å². The number of aromatic nitrogens is 2. The number of carbonyl (C=O) groups excluding carboxylic acids is 1. The van der Waals surface area contributed by atoms with E-state index < -0.39 is 0 Å². The second-order valence-electron chi connectivity index (χ2n) is 10.2. The summed E-state index contributed by atoms with van der Waals surface area (Å²) in [5.41, 5.74) is 4.29. The Balaban J connectivity index is 1.34. The highest BCUT2D eigenvalue weighted by molar-refractivity contribution is 7.13. The van der Waals surface area contributed by atoms with Gasteiger partial charge in [-0.15, -0.1) is 11.3 Å². The fourth-order valence-corrected chi connectivity index (χ4v) is 6.35. The van der Waals surface area contributed by atoms with E-state index in [9.17, 15) is 4.79 Å². The van der Waals surface area contributed by atoms with E-state index in [0.29, 0.717) is 12.5 Å². The quantitative estimate of drug-likeness (QED) is 0.373. The van der Waals surface area contributed by atoms with E-state index in [2.05, 4.69) is 54.3 Å². The minimum Gasteiger partial charge on any atom is -0.382 e. The smallest absolute Gasteiger partial charge is 0.227 e. The first kappa shape index (κ1) is 26.5. The Bertz CT molecular complexity index is 1160. The van der Waals surface area contributed by atoms with E-state index >= 15 is 0 Å². The molecule has 0 aliphatic carbocycles. The standard InChI is InChI=1S/C28H38N8OS/c1-20-22(7-10-31-27(20)37)26(33-19-29-2)36-15-8-21(9-16-36)25-23(30-11-17-35-13-3-4-14-35)5-6-24(34-25)28-32-12-18-38-28/h5-6,12,18-21,30H,2-4,7-11,13-17H2,1H3,(H,31,37)/b26-22-,33-19?. The number of carbonyl (C=O) groups is 1. The van der Waals surface area contributed by atoms with E-state index in [0.717, 1.165) is 78.9 Å². The average molecular weight is 535 g/mol. The lowest BCUT2D eigenvalue weighted by Gasteiger charge is -2.36. The number of aliphatic imine (C=N–C) groups is 2. The van der Waals surface area contributed by atoms with Crippen molar-refractivity contribution in [2.24, 2.45) is 15.9 Å². The Morgan fingerprint density at radius 1 is 1.26 bits per heavy atom. The Hall–Kier alpha value is -3.11. The van der Waals surface area contributed by atoms with Gasteiger partial charge in [0.25, 0.3) is 0 Å². The number of pyridine rings is 1. The number of nitrogens with one attached hydrogen (secondary N) is 2. The number of hydrogen-bond donors (Lipinski definition) is 2. The summed E-state index contributed by atoms with van der Waals surface area (Å²) in [4.78, 5) is 35.4. The molecule has 2 N–H and O–H groups in total. The maximum absolute atomic E-state index is 12.4. The third kappa shape index (κ3) is 6.13. The summed E-state index contributed by atoms with van der Waals surface area (Å²) in [6, 6.07) is 4.27. The Morgan fingerprint density at radius 3 is 2.82 bits per heavy atom. The lowest BCUT2D eigenvalue weighted by molar-refractivity contribution is -0.124. The molecule has 5 heterocycles. The summed E-state index contributed by atoms with van der Waals surface area (Å²) in [5.74, 6) is 1.08. The molecular formula is C28H38N8OS. The molecule has 0 spiro atoms. The molecule has 2 aromatic rings. The molecule has 1 amide bonds. The number of nitrogens with zero attached hydrogens (tertiary/aromatic N) is 6. The largest absolute Gasteiger partial charge is 0.382 e. The average Bonchev–Trinajstić information content (AvgIpc) is 3.67. The molecule has 10 heteroatoms. The molecule has 2 aromatic heterocycles. The van der Waals surface area contributed by atoms with Crippen molar-refractivity contribution in [2.45, 2.75) is 44.9 Å². The SMILES string of the molecule is C=NC=N/C(=C1\CCNC(=O)C1C)N1CCC(c2nc(-c3nccs3)ccc2NCCN2CCCC2)CC1. The van der Waals surface area contributed by atoms with Gasteiger partial charge in [-0.05, 0) is 76.5 Å². The molecule has 1 unspecified atom stereocenters. The molecule has 38 heavy (non-hydrogen) atoms. The summed E-state index contributed by atoms with van der Waals surface area (Å²) in [7, 11) is 0. The Morgan fingerprint density at radius 2 is 2.08 bits per heavy atom. The number of thiazole rings is 1. The van der Waals surface area contributed by atoms with Crippen LogP contribution < -0.4 is 10.6 Å². The van der Waals surface area contributed by atoms with Crippen LogP contribution >= 0.6 is 11.3 Å². The highest BCUT2D eigenvalue weighted by Crippen LogP contribution is 2.36. The third-order valence-corrected chi connectivity index (χ3v) is 8.65. The molecule has 3 aliphatic rings. The van der Waals surface area contributed by atoms with E-state index in [4.69, 9.17) is 4.98 Å². The molecule has 202 valence electrons. The molecule has 3 aliphatic heterocycles. The van der Waals surface area contributed by atoms with Crippen LogP contribution in [0.1, 0.15) is 50.6 Å². The van der Waals surface area contributed by atoms with Gasteiger partial charge in [0.2, 0.25) is 5.91 Å². The van der Waals surface area contributed by atoms with Crippen LogP contribution in [0, 0.1) is 5.92 Å². The highest BCUT2D eigenvalue weighted by atomic mass is 32.1. The van der Waals surface area contributed by atoms with Crippen LogP contribution in [0.2, 0.25) is 0 Å². The number of rotatable bonds is 9. The summed E-state index contributed by atoms with van der Waals surface area (Å²) in [6.45, 7) is 12.3. The van der Waals surface area contributed by atoms with Crippen molar-refractivity contribution in [3.8, 4) is 10.7 Å². The van der Waals surface area contributed by atoms with Crippen LogP contribution in [-0.2, 0) is 4.79 Å². The lowest BCUT2D eigenvalue weighted by atomic mass is 9.90. The lowest BCUT2D eigenvalue weighted by Crippen LogP contribution is -2.40. The fraction of sp³-hybridized carbons (Fsp3) is 0.536. The zero-order valence-electron chi connectivity index (χ0n) is 22.2. The first-order valence-corrected chi connectivity index (χ1v) is 14.6. The van der Waals surface area contributed by atoms with Gasteiger partial charge >= 0.3 is 0 Å². The van der Waals surface area contributed by atoms with Crippen molar-refractivity contribution >= 4 is 36.0 Å².